The number of urea groups is 1. The highest BCUT2D eigenvalue weighted by Gasteiger charge is 2.31. The minimum atomic E-state index is 0.0380. The van der Waals surface area contributed by atoms with Gasteiger partial charge in [0.25, 0.3) is 0 Å². The highest BCUT2D eigenvalue weighted by molar-refractivity contribution is 5.74. The maximum atomic E-state index is 12.1. The van der Waals surface area contributed by atoms with Gasteiger partial charge >= 0.3 is 6.03 Å². The Balaban J connectivity index is 2.22. The van der Waals surface area contributed by atoms with Crippen LogP contribution in [-0.2, 0) is 18.3 Å². The lowest BCUT2D eigenvalue weighted by atomic mass is 9.97. The van der Waals surface area contributed by atoms with Gasteiger partial charge < -0.3 is 14.5 Å². The van der Waals surface area contributed by atoms with Crippen molar-refractivity contribution in [1.82, 2.24) is 19.6 Å². The molecular formula is C13H22N4O2. The smallest absolute Gasteiger partial charge is 0.319 e. The molecule has 0 aliphatic carbocycles. The highest BCUT2D eigenvalue weighted by Crippen LogP contribution is 2.28. The molecule has 0 bridgehead atoms. The number of rotatable bonds is 3. The summed E-state index contributed by atoms with van der Waals surface area (Å²) in [5.74, 6) is 0.195. The number of nitrogens with zero attached hydrogens (tertiary/aromatic N) is 4. The van der Waals surface area contributed by atoms with Crippen LogP contribution in [0.3, 0.4) is 0 Å². The van der Waals surface area contributed by atoms with Crippen LogP contribution in [0.4, 0.5) is 4.79 Å². The first-order valence-electron chi connectivity index (χ1n) is 6.59. The van der Waals surface area contributed by atoms with E-state index in [2.05, 4.69) is 5.10 Å². The van der Waals surface area contributed by atoms with Gasteiger partial charge in [-0.2, -0.15) is 5.10 Å². The Bertz CT molecular complexity index is 455. The Labute approximate surface area is 113 Å². The van der Waals surface area contributed by atoms with Crippen LogP contribution >= 0.6 is 0 Å². The fourth-order valence-corrected chi connectivity index (χ4v) is 2.58. The average Bonchev–Trinajstić information content (AvgIpc) is 2.76. The molecule has 0 N–H and O–H groups in total. The molecule has 1 aliphatic rings. The lowest BCUT2D eigenvalue weighted by Gasteiger charge is -2.34. The number of fused-ring (bicyclic) bond motifs is 1. The maximum Gasteiger partial charge on any atom is 0.319 e. The maximum absolute atomic E-state index is 12.1. The van der Waals surface area contributed by atoms with Gasteiger partial charge in [-0.1, -0.05) is 0 Å². The van der Waals surface area contributed by atoms with Gasteiger partial charge in [-0.25, -0.2) is 4.79 Å². The van der Waals surface area contributed by atoms with Crippen molar-refractivity contribution in [3.63, 3.8) is 0 Å². The molecule has 19 heavy (non-hydrogen) atoms. The molecule has 1 aromatic rings. The number of hydrogen-bond acceptors (Lipinski definition) is 3. The van der Waals surface area contributed by atoms with Crippen molar-refractivity contribution in [2.45, 2.75) is 19.4 Å². The Morgan fingerprint density at radius 2 is 2.32 bits per heavy atom. The fourth-order valence-electron chi connectivity index (χ4n) is 2.58. The van der Waals surface area contributed by atoms with E-state index in [9.17, 15) is 4.79 Å². The van der Waals surface area contributed by atoms with E-state index in [-0.39, 0.29) is 11.9 Å². The SMILES string of the molecule is CCOC[C@H]1CN(C(=O)N(C)C)Cc2cnn(C)c21. The number of ether oxygens (including phenoxy) is 1. The van der Waals surface area contributed by atoms with E-state index in [1.54, 1.807) is 19.0 Å². The number of carbonyl (C=O) groups excluding carboxylic acids is 1. The molecule has 2 amide bonds. The van der Waals surface area contributed by atoms with E-state index < -0.39 is 0 Å². The predicted octanol–water partition coefficient (Wildman–Crippen LogP) is 1.04. The van der Waals surface area contributed by atoms with Crippen LogP contribution in [0.5, 0.6) is 0 Å². The minimum absolute atomic E-state index is 0.0380. The average molecular weight is 266 g/mol. The van der Waals surface area contributed by atoms with Gasteiger partial charge in [-0.3, -0.25) is 4.68 Å². The second-order valence-electron chi connectivity index (χ2n) is 5.09. The number of aromatic nitrogens is 2. The van der Waals surface area contributed by atoms with Crippen LogP contribution in [0.2, 0.25) is 0 Å². The van der Waals surface area contributed by atoms with E-state index in [0.717, 1.165) is 5.56 Å². The molecule has 6 heteroatoms. The molecule has 0 saturated heterocycles. The lowest BCUT2D eigenvalue weighted by molar-refractivity contribution is 0.104. The van der Waals surface area contributed by atoms with Gasteiger partial charge in [0, 0.05) is 45.8 Å². The van der Waals surface area contributed by atoms with Crippen LogP contribution in [-0.4, -0.2) is 59.5 Å². The van der Waals surface area contributed by atoms with Crippen molar-refractivity contribution >= 4 is 6.03 Å². The van der Waals surface area contributed by atoms with Crippen LogP contribution < -0.4 is 0 Å². The zero-order valence-corrected chi connectivity index (χ0v) is 12.1. The van der Waals surface area contributed by atoms with E-state index in [0.29, 0.717) is 26.3 Å². The van der Waals surface area contributed by atoms with Crippen LogP contribution in [0.25, 0.3) is 0 Å². The molecule has 0 aromatic carbocycles. The van der Waals surface area contributed by atoms with Crippen molar-refractivity contribution < 1.29 is 9.53 Å². The van der Waals surface area contributed by atoms with Gasteiger partial charge in [-0.05, 0) is 6.92 Å². The van der Waals surface area contributed by atoms with Crippen LogP contribution in [0.1, 0.15) is 24.1 Å². The summed E-state index contributed by atoms with van der Waals surface area (Å²) in [6, 6.07) is 0.0380. The molecule has 2 heterocycles. The zero-order chi connectivity index (χ0) is 14.0. The first-order chi connectivity index (χ1) is 9.04. The molecule has 1 atom stereocenters. The third kappa shape index (κ3) is 2.73. The first kappa shape index (κ1) is 13.9. The number of hydrogen-bond donors (Lipinski definition) is 0. The quantitative estimate of drug-likeness (QED) is 0.821. The van der Waals surface area contributed by atoms with Crippen LogP contribution in [0.15, 0.2) is 6.20 Å². The largest absolute Gasteiger partial charge is 0.381 e. The van der Waals surface area contributed by atoms with E-state index in [1.807, 2.05) is 29.7 Å². The monoisotopic (exact) mass is 266 g/mol. The Morgan fingerprint density at radius 3 is 2.95 bits per heavy atom. The molecule has 1 aromatic heterocycles. The molecule has 1 aliphatic heterocycles. The van der Waals surface area contributed by atoms with Gasteiger partial charge in [0.05, 0.1) is 25.0 Å². The Hall–Kier alpha value is -1.56. The molecule has 0 unspecified atom stereocenters. The summed E-state index contributed by atoms with van der Waals surface area (Å²) in [5.41, 5.74) is 2.31. The molecule has 2 rings (SSSR count). The summed E-state index contributed by atoms with van der Waals surface area (Å²) in [6.45, 7) is 4.60. The molecule has 0 radical (unpaired) electrons. The number of amides is 2. The van der Waals surface area contributed by atoms with E-state index in [4.69, 9.17) is 4.74 Å². The Kier molecular flexibility index (Phi) is 4.09. The molecule has 106 valence electrons. The topological polar surface area (TPSA) is 50.6 Å². The molecule has 0 spiro atoms. The second kappa shape index (κ2) is 5.61. The van der Waals surface area contributed by atoms with Crippen molar-refractivity contribution in [3.05, 3.63) is 17.5 Å². The molecular weight excluding hydrogens is 244 g/mol. The van der Waals surface area contributed by atoms with Gasteiger partial charge in [-0.15, -0.1) is 0 Å². The molecule has 6 nitrogen and oxygen atoms in total. The summed E-state index contributed by atoms with van der Waals surface area (Å²) in [5, 5.41) is 4.30. The molecule has 0 saturated carbocycles. The standard InChI is InChI=1S/C13H22N4O2/c1-5-19-9-11-8-17(13(18)15(2)3)7-10-6-14-16(4)12(10)11/h6,11H,5,7-9H2,1-4H3/t11-/m1/s1. The first-order valence-corrected chi connectivity index (χ1v) is 6.59. The van der Waals surface area contributed by atoms with E-state index >= 15 is 0 Å². The summed E-state index contributed by atoms with van der Waals surface area (Å²) in [7, 11) is 5.50. The van der Waals surface area contributed by atoms with Gasteiger partial charge in [0.2, 0.25) is 0 Å². The zero-order valence-electron chi connectivity index (χ0n) is 12.1. The van der Waals surface area contributed by atoms with Crippen molar-refractivity contribution in [1.29, 1.82) is 0 Å². The van der Waals surface area contributed by atoms with Gasteiger partial charge in [0.15, 0.2) is 0 Å². The lowest BCUT2D eigenvalue weighted by Crippen LogP contribution is -2.44. The Morgan fingerprint density at radius 1 is 1.58 bits per heavy atom. The van der Waals surface area contributed by atoms with Crippen molar-refractivity contribution in [2.24, 2.45) is 7.05 Å². The summed E-state index contributed by atoms with van der Waals surface area (Å²) < 4.78 is 7.45. The van der Waals surface area contributed by atoms with Crippen molar-refractivity contribution in [3.8, 4) is 0 Å². The third-order valence-corrected chi connectivity index (χ3v) is 3.43. The summed E-state index contributed by atoms with van der Waals surface area (Å²) >= 11 is 0. The summed E-state index contributed by atoms with van der Waals surface area (Å²) in [4.78, 5) is 15.6. The fraction of sp³-hybridized carbons (Fsp3) is 0.692. The second-order valence-corrected chi connectivity index (χ2v) is 5.09. The predicted molar refractivity (Wildman–Crippen MR) is 71.9 cm³/mol. The third-order valence-electron chi connectivity index (χ3n) is 3.43. The minimum Gasteiger partial charge on any atom is -0.381 e. The highest BCUT2D eigenvalue weighted by atomic mass is 16.5. The normalized spacial score (nSPS) is 18.3. The summed E-state index contributed by atoms with van der Waals surface area (Å²) in [6.07, 6.45) is 1.85. The number of aryl methyl sites for hydroxylation is 1. The van der Waals surface area contributed by atoms with Crippen LogP contribution in [0, 0.1) is 0 Å². The molecule has 0 fully saturated rings. The van der Waals surface area contributed by atoms with Crippen molar-refractivity contribution in [2.75, 3.05) is 33.9 Å². The van der Waals surface area contributed by atoms with E-state index in [1.165, 1.54) is 5.69 Å². The van der Waals surface area contributed by atoms with Gasteiger partial charge in [0.1, 0.15) is 0 Å². The number of carbonyl (C=O) groups is 1.